The van der Waals surface area contributed by atoms with Crippen molar-refractivity contribution in [2.45, 2.75) is 44.0 Å². The van der Waals surface area contributed by atoms with Gasteiger partial charge < -0.3 is 24.8 Å². The fraction of sp³-hybridized carbons (Fsp3) is 0.941. The number of rotatable bonds is 5. The second kappa shape index (κ2) is 8.99. The Balaban J connectivity index is 1.32. The summed E-state index contributed by atoms with van der Waals surface area (Å²) in [6, 6.07) is 0. The predicted octanol–water partition coefficient (Wildman–Crippen LogP) is 0.559. The molecule has 1 saturated carbocycles. The van der Waals surface area contributed by atoms with Gasteiger partial charge in [-0.3, -0.25) is 9.89 Å². The van der Waals surface area contributed by atoms with E-state index in [0.717, 1.165) is 64.7 Å². The zero-order valence-corrected chi connectivity index (χ0v) is 14.9. The molecule has 138 valence electrons. The fourth-order valence-electron chi connectivity index (χ4n) is 3.66. The van der Waals surface area contributed by atoms with Crippen molar-refractivity contribution in [1.82, 2.24) is 15.5 Å². The first-order valence-electron chi connectivity index (χ1n) is 9.36. The van der Waals surface area contributed by atoms with Crippen LogP contribution >= 0.6 is 0 Å². The van der Waals surface area contributed by atoms with Crippen LogP contribution in [0, 0.1) is 0 Å². The molecule has 1 aliphatic carbocycles. The molecule has 2 aliphatic heterocycles. The van der Waals surface area contributed by atoms with Gasteiger partial charge in [0.2, 0.25) is 0 Å². The van der Waals surface area contributed by atoms with Gasteiger partial charge in [-0.1, -0.05) is 6.42 Å². The highest BCUT2D eigenvalue weighted by Gasteiger charge is 2.42. The van der Waals surface area contributed by atoms with Gasteiger partial charge in [0.05, 0.1) is 19.8 Å². The van der Waals surface area contributed by atoms with Crippen molar-refractivity contribution in [3.05, 3.63) is 0 Å². The molecule has 1 spiro atoms. The van der Waals surface area contributed by atoms with E-state index in [1.807, 2.05) is 0 Å². The third kappa shape index (κ3) is 5.05. The van der Waals surface area contributed by atoms with E-state index in [9.17, 15) is 0 Å². The number of hydrogen-bond acceptors (Lipinski definition) is 5. The lowest BCUT2D eigenvalue weighted by Gasteiger charge is -2.31. The van der Waals surface area contributed by atoms with Crippen molar-refractivity contribution in [3.8, 4) is 0 Å². The second-order valence-electron chi connectivity index (χ2n) is 6.86. The van der Waals surface area contributed by atoms with Crippen molar-refractivity contribution in [2.75, 3.05) is 59.6 Å². The number of hydrogen-bond donors (Lipinski definition) is 2. The summed E-state index contributed by atoms with van der Waals surface area (Å²) in [6.07, 6.45) is 5.92. The van der Waals surface area contributed by atoms with Gasteiger partial charge in [-0.15, -0.1) is 0 Å². The molecule has 3 rings (SSSR count). The Bertz CT molecular complexity index is 407. The van der Waals surface area contributed by atoms with Crippen LogP contribution in [0.3, 0.4) is 0 Å². The van der Waals surface area contributed by atoms with E-state index in [2.05, 4.69) is 20.5 Å². The van der Waals surface area contributed by atoms with E-state index >= 15 is 0 Å². The lowest BCUT2D eigenvalue weighted by atomic mass is 9.94. The molecule has 2 saturated heterocycles. The minimum absolute atomic E-state index is 0.112. The van der Waals surface area contributed by atoms with Crippen LogP contribution in [0.5, 0.6) is 0 Å². The van der Waals surface area contributed by atoms with Crippen molar-refractivity contribution in [3.63, 3.8) is 0 Å². The van der Waals surface area contributed by atoms with Gasteiger partial charge in [0.1, 0.15) is 6.10 Å². The van der Waals surface area contributed by atoms with E-state index in [0.29, 0.717) is 6.61 Å². The maximum absolute atomic E-state index is 6.19. The first-order chi connectivity index (χ1) is 11.8. The smallest absolute Gasteiger partial charge is 0.191 e. The summed E-state index contributed by atoms with van der Waals surface area (Å²) in [5.74, 6) is 0.536. The Morgan fingerprint density at radius 1 is 1.17 bits per heavy atom. The van der Waals surface area contributed by atoms with Crippen molar-refractivity contribution in [2.24, 2.45) is 4.99 Å². The van der Waals surface area contributed by atoms with E-state index in [4.69, 9.17) is 14.2 Å². The molecular formula is C17H32N4O3. The maximum Gasteiger partial charge on any atom is 0.191 e. The zero-order valence-electron chi connectivity index (χ0n) is 14.9. The minimum atomic E-state index is -0.294. The quantitative estimate of drug-likeness (QED) is 0.563. The first-order valence-corrected chi connectivity index (χ1v) is 9.36. The first kappa shape index (κ1) is 17.9. The third-order valence-electron chi connectivity index (χ3n) is 5.07. The molecule has 0 amide bonds. The van der Waals surface area contributed by atoms with E-state index < -0.39 is 0 Å². The Morgan fingerprint density at radius 3 is 2.71 bits per heavy atom. The summed E-state index contributed by atoms with van der Waals surface area (Å²) < 4.78 is 17.5. The Labute approximate surface area is 145 Å². The molecule has 0 aromatic carbocycles. The number of guanidine groups is 1. The average Bonchev–Trinajstić information content (AvgIpc) is 3.02. The monoisotopic (exact) mass is 340 g/mol. The highest BCUT2D eigenvalue weighted by molar-refractivity contribution is 5.79. The topological polar surface area (TPSA) is 67.4 Å². The lowest BCUT2D eigenvalue weighted by Crippen LogP contribution is -2.46. The standard InChI is InChI=1S/C17H32N4O3/c1-18-16(19-7-8-21-9-11-22-12-10-21)20-13-15-14-23-17(24-15)5-3-2-4-6-17/h15H,2-14H2,1H3,(H2,18,19,20). The molecular weight excluding hydrogens is 308 g/mol. The number of ether oxygens (including phenoxy) is 3. The number of morpholine rings is 1. The van der Waals surface area contributed by atoms with Crippen molar-refractivity contribution in [1.29, 1.82) is 0 Å². The van der Waals surface area contributed by atoms with Crippen LogP contribution in [0.1, 0.15) is 32.1 Å². The molecule has 0 radical (unpaired) electrons. The third-order valence-corrected chi connectivity index (χ3v) is 5.07. The Morgan fingerprint density at radius 2 is 1.96 bits per heavy atom. The molecule has 3 fully saturated rings. The Kier molecular flexibility index (Phi) is 6.71. The molecule has 24 heavy (non-hydrogen) atoms. The van der Waals surface area contributed by atoms with Crippen LogP contribution in [-0.2, 0) is 14.2 Å². The highest BCUT2D eigenvalue weighted by Crippen LogP contribution is 2.37. The van der Waals surface area contributed by atoms with Gasteiger partial charge in [0.25, 0.3) is 0 Å². The maximum atomic E-state index is 6.19. The largest absolute Gasteiger partial charge is 0.379 e. The number of aliphatic imine (C=N–C) groups is 1. The number of nitrogens with zero attached hydrogens (tertiary/aromatic N) is 2. The predicted molar refractivity (Wildman–Crippen MR) is 93.3 cm³/mol. The van der Waals surface area contributed by atoms with Crippen molar-refractivity contribution >= 4 is 5.96 Å². The molecule has 7 nitrogen and oxygen atoms in total. The highest BCUT2D eigenvalue weighted by atomic mass is 16.7. The summed E-state index contributed by atoms with van der Waals surface area (Å²) in [4.78, 5) is 6.70. The van der Waals surface area contributed by atoms with Gasteiger partial charge in [0, 0.05) is 52.6 Å². The molecule has 2 heterocycles. The normalized spacial score (nSPS) is 28.2. The summed E-state index contributed by atoms with van der Waals surface area (Å²) in [6.45, 7) is 7.02. The molecule has 0 aromatic rings. The molecule has 3 aliphatic rings. The second-order valence-corrected chi connectivity index (χ2v) is 6.86. The molecule has 0 aromatic heterocycles. The molecule has 1 unspecified atom stereocenters. The van der Waals surface area contributed by atoms with Crippen LogP contribution in [0.4, 0.5) is 0 Å². The van der Waals surface area contributed by atoms with Crippen molar-refractivity contribution < 1.29 is 14.2 Å². The summed E-state index contributed by atoms with van der Waals surface area (Å²) >= 11 is 0. The van der Waals surface area contributed by atoms with Crippen LogP contribution < -0.4 is 10.6 Å². The van der Waals surface area contributed by atoms with Gasteiger partial charge in [-0.05, 0) is 12.8 Å². The van der Waals surface area contributed by atoms with E-state index in [-0.39, 0.29) is 11.9 Å². The fourth-order valence-corrected chi connectivity index (χ4v) is 3.66. The van der Waals surface area contributed by atoms with Crippen LogP contribution in [0.15, 0.2) is 4.99 Å². The van der Waals surface area contributed by atoms with E-state index in [1.54, 1.807) is 7.05 Å². The van der Waals surface area contributed by atoms with Gasteiger partial charge in [-0.2, -0.15) is 0 Å². The van der Waals surface area contributed by atoms with Crippen LogP contribution in [0.25, 0.3) is 0 Å². The molecule has 0 bridgehead atoms. The summed E-state index contributed by atoms with van der Waals surface area (Å²) in [7, 11) is 1.80. The molecule has 7 heteroatoms. The average molecular weight is 340 g/mol. The molecule has 1 atom stereocenters. The summed E-state index contributed by atoms with van der Waals surface area (Å²) in [5.41, 5.74) is 0. The van der Waals surface area contributed by atoms with Gasteiger partial charge in [0.15, 0.2) is 11.7 Å². The molecule has 2 N–H and O–H groups in total. The lowest BCUT2D eigenvalue weighted by molar-refractivity contribution is -0.186. The van der Waals surface area contributed by atoms with Gasteiger partial charge in [-0.25, -0.2) is 0 Å². The van der Waals surface area contributed by atoms with E-state index in [1.165, 1.54) is 19.3 Å². The van der Waals surface area contributed by atoms with Crippen LogP contribution in [-0.4, -0.2) is 82.3 Å². The summed E-state index contributed by atoms with van der Waals surface area (Å²) in [5, 5.41) is 6.73. The zero-order chi connectivity index (χ0) is 16.7. The van der Waals surface area contributed by atoms with Crippen LogP contribution in [0.2, 0.25) is 0 Å². The number of nitrogens with one attached hydrogen (secondary N) is 2. The SMILES string of the molecule is CN=C(NCCN1CCOCC1)NCC1COC2(CCCCC2)O1. The Hall–Kier alpha value is -0.890. The minimum Gasteiger partial charge on any atom is -0.379 e. The van der Waals surface area contributed by atoms with Gasteiger partial charge >= 0.3 is 0 Å².